The summed E-state index contributed by atoms with van der Waals surface area (Å²) in [6.45, 7) is 4.09. The molecular formula is C15H24N4O5. The molecule has 0 spiro atoms. The van der Waals surface area contributed by atoms with Gasteiger partial charge in [0.1, 0.15) is 5.69 Å². The second kappa shape index (κ2) is 8.76. The van der Waals surface area contributed by atoms with E-state index in [0.717, 1.165) is 25.2 Å². The molecule has 0 radical (unpaired) electrons. The summed E-state index contributed by atoms with van der Waals surface area (Å²) in [4.78, 5) is 29.9. The largest absolute Gasteiger partial charge is 0.483 e. The van der Waals surface area contributed by atoms with Gasteiger partial charge in [0.2, 0.25) is 0 Å². The highest BCUT2D eigenvalue weighted by molar-refractivity contribution is 5.93. The summed E-state index contributed by atoms with van der Waals surface area (Å²) in [7, 11) is 0. The fourth-order valence-electron chi connectivity index (χ4n) is 3.21. The summed E-state index contributed by atoms with van der Waals surface area (Å²) >= 11 is 0. The Kier molecular flexibility index (Phi) is 6.71. The molecule has 4 N–H and O–H groups in total. The molecule has 3 heterocycles. The van der Waals surface area contributed by atoms with Crippen molar-refractivity contribution in [2.45, 2.75) is 38.0 Å². The predicted octanol–water partition coefficient (Wildman–Crippen LogP) is -0.627. The predicted molar refractivity (Wildman–Crippen MR) is 84.7 cm³/mol. The van der Waals surface area contributed by atoms with Gasteiger partial charge in [0.15, 0.2) is 0 Å². The molecule has 0 aromatic carbocycles. The molecular weight excluding hydrogens is 316 g/mol. The van der Waals surface area contributed by atoms with Crippen molar-refractivity contribution in [3.63, 3.8) is 0 Å². The summed E-state index contributed by atoms with van der Waals surface area (Å²) in [6.07, 6.45) is 3.22. The lowest BCUT2D eigenvalue weighted by Crippen LogP contribution is -2.46. The van der Waals surface area contributed by atoms with Gasteiger partial charge in [-0.25, -0.2) is 4.98 Å². The lowest BCUT2D eigenvalue weighted by molar-refractivity contribution is -0.122. The number of amides is 1. The van der Waals surface area contributed by atoms with E-state index in [1.807, 2.05) is 6.92 Å². The number of nitrogens with one attached hydrogen (secondary N) is 2. The first-order valence-corrected chi connectivity index (χ1v) is 7.94. The maximum absolute atomic E-state index is 12.2. The molecule has 1 aromatic heterocycles. The molecule has 0 unspecified atom stereocenters. The van der Waals surface area contributed by atoms with Crippen LogP contribution < -0.4 is 5.32 Å². The van der Waals surface area contributed by atoms with E-state index in [4.69, 9.17) is 19.7 Å². The summed E-state index contributed by atoms with van der Waals surface area (Å²) in [6, 6.07) is 0.501. The maximum atomic E-state index is 12.2. The zero-order valence-corrected chi connectivity index (χ0v) is 13.6. The molecule has 3 atom stereocenters. The highest BCUT2D eigenvalue weighted by atomic mass is 16.5. The molecule has 2 fully saturated rings. The maximum Gasteiger partial charge on any atom is 0.290 e. The highest BCUT2D eigenvalue weighted by Gasteiger charge is 2.37. The Morgan fingerprint density at radius 1 is 1.58 bits per heavy atom. The number of nitrogens with zero attached hydrogens (tertiary/aromatic N) is 2. The quantitative estimate of drug-likeness (QED) is 0.537. The number of hydrogen-bond donors (Lipinski definition) is 4. The molecule has 0 aliphatic carbocycles. The molecule has 2 aliphatic heterocycles. The zero-order valence-electron chi connectivity index (χ0n) is 13.6. The number of aryl methyl sites for hydroxylation is 1. The normalized spacial score (nSPS) is 26.2. The molecule has 134 valence electrons. The minimum Gasteiger partial charge on any atom is -0.483 e. The van der Waals surface area contributed by atoms with Crippen LogP contribution in [-0.2, 0) is 9.53 Å². The minimum atomic E-state index is -0.250. The molecule has 0 bridgehead atoms. The number of H-pyrrole nitrogens is 1. The average molecular weight is 340 g/mol. The van der Waals surface area contributed by atoms with Crippen LogP contribution in [-0.4, -0.2) is 82.0 Å². The topological polar surface area (TPSA) is 128 Å². The van der Waals surface area contributed by atoms with Crippen LogP contribution in [0.15, 0.2) is 6.33 Å². The van der Waals surface area contributed by atoms with Crippen molar-refractivity contribution in [2.24, 2.45) is 0 Å². The number of fused-ring (bicyclic) bond motifs is 1. The number of ether oxygens (including phenoxy) is 1. The molecule has 0 saturated carbocycles. The fourth-order valence-corrected chi connectivity index (χ4v) is 3.21. The van der Waals surface area contributed by atoms with Crippen molar-refractivity contribution in [3.05, 3.63) is 17.7 Å². The monoisotopic (exact) mass is 340 g/mol. The van der Waals surface area contributed by atoms with Gasteiger partial charge in [-0.2, -0.15) is 0 Å². The third-order valence-electron chi connectivity index (χ3n) is 4.32. The van der Waals surface area contributed by atoms with E-state index < -0.39 is 0 Å². The Hall–Kier alpha value is -1.97. The summed E-state index contributed by atoms with van der Waals surface area (Å²) in [5.41, 5.74) is 1.25. The van der Waals surface area contributed by atoms with E-state index >= 15 is 0 Å². The molecule has 24 heavy (non-hydrogen) atoms. The van der Waals surface area contributed by atoms with Crippen LogP contribution in [0.5, 0.6) is 0 Å². The van der Waals surface area contributed by atoms with Gasteiger partial charge in [-0.1, -0.05) is 0 Å². The second-order valence-electron chi connectivity index (χ2n) is 5.96. The van der Waals surface area contributed by atoms with Gasteiger partial charge in [0.25, 0.3) is 12.4 Å². The van der Waals surface area contributed by atoms with Crippen molar-refractivity contribution in [1.29, 1.82) is 0 Å². The Morgan fingerprint density at radius 2 is 2.33 bits per heavy atom. The van der Waals surface area contributed by atoms with Gasteiger partial charge in [-0.3, -0.25) is 14.5 Å². The average Bonchev–Trinajstić information content (AvgIpc) is 3.13. The minimum absolute atomic E-state index is 0.106. The Bertz CT molecular complexity index is 550. The first-order chi connectivity index (χ1) is 11.6. The van der Waals surface area contributed by atoms with Gasteiger partial charge >= 0.3 is 0 Å². The molecule has 1 aromatic rings. The van der Waals surface area contributed by atoms with Crippen molar-refractivity contribution >= 4 is 12.4 Å². The zero-order chi connectivity index (χ0) is 17.5. The third-order valence-corrected chi connectivity index (χ3v) is 4.32. The molecule has 9 nitrogen and oxygen atoms in total. The first kappa shape index (κ1) is 18.4. The van der Waals surface area contributed by atoms with Crippen LogP contribution in [0.2, 0.25) is 0 Å². The fraction of sp³-hybridized carbons (Fsp3) is 0.667. The van der Waals surface area contributed by atoms with Crippen molar-refractivity contribution < 1.29 is 24.5 Å². The number of carbonyl (C=O) groups excluding carboxylic acids is 1. The standard InChI is InChI=1S/C14H22N4O3.CH2O2/c1-9-13(16-8-15-9)14(20)17-10-4-11-7-21-12(2-3-19)6-18(11)5-10;2-1-3/h8,10-12,19H,2-7H2,1H3,(H,15,16)(H,17,20);1H,(H,2,3)/t10-,11+,12+;/m1./s1. The number of rotatable bonds is 4. The molecule has 2 aliphatic rings. The second-order valence-corrected chi connectivity index (χ2v) is 5.96. The number of aliphatic hydroxyl groups excluding tert-OH is 1. The lowest BCUT2D eigenvalue weighted by Gasteiger charge is -2.34. The number of morpholine rings is 1. The van der Waals surface area contributed by atoms with E-state index in [2.05, 4.69) is 20.2 Å². The van der Waals surface area contributed by atoms with Crippen LogP contribution in [0.4, 0.5) is 0 Å². The number of hydrogen-bond acceptors (Lipinski definition) is 6. The SMILES string of the molecule is Cc1[nH]cnc1C(=O)N[C@@H]1C[C@H]2CO[C@@H](CCO)CN2C1.O=CO. The van der Waals surface area contributed by atoms with Crippen molar-refractivity contribution in [2.75, 3.05) is 26.3 Å². The molecule has 1 amide bonds. The number of aliphatic hydroxyl groups is 1. The number of carboxylic acid groups (broad SMARTS) is 1. The van der Waals surface area contributed by atoms with Crippen LogP contribution >= 0.6 is 0 Å². The van der Waals surface area contributed by atoms with Crippen molar-refractivity contribution in [3.8, 4) is 0 Å². The van der Waals surface area contributed by atoms with Crippen LogP contribution in [0.1, 0.15) is 29.0 Å². The van der Waals surface area contributed by atoms with Crippen LogP contribution in [0.25, 0.3) is 0 Å². The van der Waals surface area contributed by atoms with E-state index in [0.29, 0.717) is 24.8 Å². The summed E-state index contributed by atoms with van der Waals surface area (Å²) in [5.74, 6) is -0.119. The van der Waals surface area contributed by atoms with Gasteiger partial charge in [-0.05, 0) is 19.8 Å². The number of aromatic nitrogens is 2. The Labute approximate surface area is 140 Å². The summed E-state index contributed by atoms with van der Waals surface area (Å²) < 4.78 is 5.75. The third kappa shape index (κ3) is 4.53. The van der Waals surface area contributed by atoms with Crippen LogP contribution in [0, 0.1) is 6.92 Å². The molecule has 3 rings (SSSR count). The number of carbonyl (C=O) groups is 2. The van der Waals surface area contributed by atoms with Gasteiger partial charge in [-0.15, -0.1) is 0 Å². The number of imidazole rings is 1. The lowest BCUT2D eigenvalue weighted by atomic mass is 10.1. The van der Waals surface area contributed by atoms with E-state index in [9.17, 15) is 4.79 Å². The first-order valence-electron chi connectivity index (χ1n) is 7.94. The Morgan fingerprint density at radius 3 is 2.96 bits per heavy atom. The van der Waals surface area contributed by atoms with Gasteiger partial charge < -0.3 is 25.3 Å². The Balaban J connectivity index is 0.000000647. The summed E-state index contributed by atoms with van der Waals surface area (Å²) in [5, 5.41) is 18.9. The van der Waals surface area contributed by atoms with E-state index in [1.54, 1.807) is 0 Å². The van der Waals surface area contributed by atoms with E-state index in [1.165, 1.54) is 6.33 Å². The van der Waals surface area contributed by atoms with Crippen molar-refractivity contribution in [1.82, 2.24) is 20.2 Å². The van der Waals surface area contributed by atoms with Gasteiger partial charge in [0.05, 0.1) is 19.0 Å². The number of aromatic amines is 1. The van der Waals surface area contributed by atoms with E-state index in [-0.39, 0.29) is 31.1 Å². The van der Waals surface area contributed by atoms with Gasteiger partial charge in [0, 0.05) is 37.5 Å². The smallest absolute Gasteiger partial charge is 0.290 e. The van der Waals surface area contributed by atoms with Crippen LogP contribution in [0.3, 0.4) is 0 Å². The highest BCUT2D eigenvalue weighted by Crippen LogP contribution is 2.24. The molecule has 2 saturated heterocycles. The molecule has 9 heteroatoms.